The number of H-pyrrole nitrogens is 2. The molecule has 36 heavy (non-hydrogen) atoms. The number of aromatic amines is 2. The summed E-state index contributed by atoms with van der Waals surface area (Å²) >= 11 is 5.77. The summed E-state index contributed by atoms with van der Waals surface area (Å²) in [4.78, 5) is 31.7. The second-order valence-corrected chi connectivity index (χ2v) is 8.54. The summed E-state index contributed by atoms with van der Waals surface area (Å²) in [5.41, 5.74) is 2.94. The number of halogens is 2. The first-order valence-electron chi connectivity index (χ1n) is 11.6. The summed E-state index contributed by atoms with van der Waals surface area (Å²) < 4.78 is 18.9. The highest BCUT2D eigenvalue weighted by atomic mass is 35.5. The van der Waals surface area contributed by atoms with Gasteiger partial charge in [-0.15, -0.1) is 0 Å². The third kappa shape index (κ3) is 6.01. The molecule has 0 aliphatic heterocycles. The molecule has 0 spiro atoms. The number of nitrogens with zero attached hydrogens (tertiary/aromatic N) is 2. The number of aromatic nitrogens is 4. The Hall–Kier alpha value is -3.92. The highest BCUT2D eigenvalue weighted by Gasteiger charge is 2.15. The van der Waals surface area contributed by atoms with Gasteiger partial charge in [0.15, 0.2) is 5.82 Å². The first-order chi connectivity index (χ1) is 17.5. The molecule has 188 valence electrons. The van der Waals surface area contributed by atoms with E-state index in [2.05, 4.69) is 30.8 Å². The van der Waals surface area contributed by atoms with Gasteiger partial charge in [-0.05, 0) is 43.2 Å². The van der Waals surface area contributed by atoms with Crippen LogP contribution < -0.4 is 10.6 Å². The van der Waals surface area contributed by atoms with E-state index in [9.17, 15) is 14.0 Å². The molecule has 4 N–H and O–H groups in total. The molecule has 11 heteroatoms. The van der Waals surface area contributed by atoms with Crippen molar-refractivity contribution in [1.29, 1.82) is 0 Å². The molecule has 4 aromatic rings. The topological polar surface area (TPSA) is 125 Å². The van der Waals surface area contributed by atoms with Crippen LogP contribution in [0, 0.1) is 5.82 Å². The maximum Gasteiger partial charge on any atom is 0.407 e. The van der Waals surface area contributed by atoms with E-state index in [4.69, 9.17) is 16.3 Å². The summed E-state index contributed by atoms with van der Waals surface area (Å²) in [6.45, 7) is 3.21. The fourth-order valence-electron chi connectivity index (χ4n) is 3.53. The number of fused-ring (bicyclic) bond motifs is 1. The Labute approximate surface area is 211 Å². The standard InChI is InChI=1S/C25H26ClFN6O3/c1-2-3-11-36-25(35)29-10-4-9-28-24(34)16-6-8-20-17(12-16)22(33-32-20)23-30-14-21(31-23)15-5-7-18(26)19(27)13-15/h5-8,12-14H,2-4,9-11H2,1H3,(H,28,34)(H,29,35)(H,30,31)(H,32,33). The molecule has 9 nitrogen and oxygen atoms in total. The van der Waals surface area contributed by atoms with Crippen LogP contribution in [0.3, 0.4) is 0 Å². The molecular formula is C25H26ClFN6O3. The van der Waals surface area contributed by atoms with Crippen molar-refractivity contribution in [2.24, 2.45) is 0 Å². The van der Waals surface area contributed by atoms with E-state index in [-0.39, 0.29) is 10.9 Å². The maximum atomic E-state index is 13.9. The number of hydrogen-bond donors (Lipinski definition) is 4. The molecule has 2 aromatic carbocycles. The zero-order chi connectivity index (χ0) is 25.5. The molecule has 0 unspecified atom stereocenters. The van der Waals surface area contributed by atoms with Gasteiger partial charge in [0.05, 0.1) is 29.0 Å². The molecule has 0 aliphatic rings. The number of unbranched alkanes of at least 4 members (excludes halogenated alkanes) is 1. The first kappa shape index (κ1) is 25.2. The van der Waals surface area contributed by atoms with Gasteiger partial charge in [0.25, 0.3) is 5.91 Å². The van der Waals surface area contributed by atoms with Crippen LogP contribution in [0.5, 0.6) is 0 Å². The largest absolute Gasteiger partial charge is 0.450 e. The Morgan fingerprint density at radius 1 is 1.11 bits per heavy atom. The normalized spacial score (nSPS) is 11.0. The van der Waals surface area contributed by atoms with Gasteiger partial charge in [0.1, 0.15) is 11.5 Å². The molecule has 0 saturated carbocycles. The minimum Gasteiger partial charge on any atom is -0.450 e. The van der Waals surface area contributed by atoms with E-state index in [1.807, 2.05) is 6.92 Å². The molecule has 0 saturated heterocycles. The number of benzene rings is 2. The van der Waals surface area contributed by atoms with Gasteiger partial charge in [-0.1, -0.05) is 31.0 Å². The van der Waals surface area contributed by atoms with Crippen LogP contribution in [0.4, 0.5) is 9.18 Å². The van der Waals surface area contributed by atoms with Gasteiger partial charge in [-0.2, -0.15) is 5.10 Å². The van der Waals surface area contributed by atoms with Crippen molar-refractivity contribution < 1.29 is 18.7 Å². The van der Waals surface area contributed by atoms with Crippen LogP contribution in [0.2, 0.25) is 5.02 Å². The number of hydrogen-bond acceptors (Lipinski definition) is 5. The maximum absolute atomic E-state index is 13.9. The van der Waals surface area contributed by atoms with Crippen LogP contribution >= 0.6 is 11.6 Å². The second kappa shape index (κ2) is 11.7. The average Bonchev–Trinajstić information content (AvgIpc) is 3.52. The summed E-state index contributed by atoms with van der Waals surface area (Å²) in [5, 5.41) is 13.5. The Kier molecular flexibility index (Phi) is 8.17. The third-order valence-corrected chi connectivity index (χ3v) is 5.80. The van der Waals surface area contributed by atoms with E-state index in [1.54, 1.807) is 30.5 Å². The van der Waals surface area contributed by atoms with E-state index >= 15 is 0 Å². The van der Waals surface area contributed by atoms with Crippen molar-refractivity contribution in [3.05, 3.63) is 59.0 Å². The number of alkyl carbamates (subject to hydrolysis) is 1. The number of carbonyl (C=O) groups is 2. The van der Waals surface area contributed by atoms with E-state index in [0.29, 0.717) is 59.8 Å². The fraction of sp³-hybridized carbons (Fsp3) is 0.280. The lowest BCUT2D eigenvalue weighted by molar-refractivity contribution is 0.0953. The molecule has 0 atom stereocenters. The number of ether oxygens (including phenoxy) is 1. The van der Waals surface area contributed by atoms with Gasteiger partial charge in [0.2, 0.25) is 0 Å². The highest BCUT2D eigenvalue weighted by molar-refractivity contribution is 6.30. The minimum absolute atomic E-state index is 0.0452. The minimum atomic E-state index is -0.520. The van der Waals surface area contributed by atoms with Gasteiger partial charge < -0.3 is 20.4 Å². The fourth-order valence-corrected chi connectivity index (χ4v) is 3.65. The zero-order valence-electron chi connectivity index (χ0n) is 19.7. The van der Waals surface area contributed by atoms with Gasteiger partial charge in [0, 0.05) is 29.6 Å². The van der Waals surface area contributed by atoms with Crippen LogP contribution in [-0.2, 0) is 4.74 Å². The molecule has 0 bridgehead atoms. The number of amides is 2. The monoisotopic (exact) mass is 512 g/mol. The second-order valence-electron chi connectivity index (χ2n) is 8.13. The molecule has 2 aromatic heterocycles. The number of nitrogens with one attached hydrogen (secondary N) is 4. The Bertz CT molecular complexity index is 1370. The number of carbonyl (C=O) groups excluding carboxylic acids is 2. The quantitative estimate of drug-likeness (QED) is 0.221. The summed E-state index contributed by atoms with van der Waals surface area (Å²) in [6.07, 6.45) is 3.49. The molecule has 0 radical (unpaired) electrons. The Morgan fingerprint density at radius 3 is 2.75 bits per heavy atom. The van der Waals surface area contributed by atoms with E-state index in [0.717, 1.165) is 18.4 Å². The average molecular weight is 513 g/mol. The molecule has 2 amide bonds. The van der Waals surface area contributed by atoms with Crippen LogP contribution in [0.1, 0.15) is 36.5 Å². The van der Waals surface area contributed by atoms with E-state index < -0.39 is 11.9 Å². The lowest BCUT2D eigenvalue weighted by atomic mass is 10.1. The molecule has 2 heterocycles. The van der Waals surface area contributed by atoms with E-state index in [1.165, 1.54) is 12.1 Å². The lowest BCUT2D eigenvalue weighted by Crippen LogP contribution is -2.30. The number of rotatable bonds is 10. The van der Waals surface area contributed by atoms with Gasteiger partial charge in [-0.25, -0.2) is 14.2 Å². The SMILES string of the molecule is CCCCOC(=O)NCCCNC(=O)c1ccc2[nH]nc(-c3ncc(-c4ccc(Cl)c(F)c4)[nH]3)c2c1. The van der Waals surface area contributed by atoms with Crippen molar-refractivity contribution in [2.45, 2.75) is 26.2 Å². The van der Waals surface area contributed by atoms with Gasteiger partial charge >= 0.3 is 6.09 Å². The van der Waals surface area contributed by atoms with Crippen molar-refractivity contribution >= 4 is 34.5 Å². The molecule has 4 rings (SSSR count). The zero-order valence-corrected chi connectivity index (χ0v) is 20.4. The van der Waals surface area contributed by atoms with Crippen molar-refractivity contribution in [3.63, 3.8) is 0 Å². The molecular weight excluding hydrogens is 487 g/mol. The van der Waals surface area contributed by atoms with Crippen molar-refractivity contribution in [2.75, 3.05) is 19.7 Å². The predicted octanol–water partition coefficient (Wildman–Crippen LogP) is 5.06. The smallest absolute Gasteiger partial charge is 0.407 e. The summed E-state index contributed by atoms with van der Waals surface area (Å²) in [5.74, 6) is -0.290. The predicted molar refractivity (Wildman–Crippen MR) is 135 cm³/mol. The lowest BCUT2D eigenvalue weighted by Gasteiger charge is -2.08. The van der Waals surface area contributed by atoms with Crippen molar-refractivity contribution in [3.8, 4) is 22.8 Å². The third-order valence-electron chi connectivity index (χ3n) is 5.50. The van der Waals surface area contributed by atoms with Crippen LogP contribution in [0.15, 0.2) is 42.6 Å². The molecule has 0 aliphatic carbocycles. The Balaban J connectivity index is 1.38. The summed E-state index contributed by atoms with van der Waals surface area (Å²) in [6, 6.07) is 9.71. The summed E-state index contributed by atoms with van der Waals surface area (Å²) in [7, 11) is 0. The van der Waals surface area contributed by atoms with Crippen LogP contribution in [0.25, 0.3) is 33.7 Å². The highest BCUT2D eigenvalue weighted by Crippen LogP contribution is 2.28. The molecule has 0 fully saturated rings. The number of imidazole rings is 1. The van der Waals surface area contributed by atoms with Crippen molar-refractivity contribution in [1.82, 2.24) is 30.8 Å². The van der Waals surface area contributed by atoms with Crippen LogP contribution in [-0.4, -0.2) is 51.9 Å². The Morgan fingerprint density at radius 2 is 1.94 bits per heavy atom. The van der Waals surface area contributed by atoms with Gasteiger partial charge in [-0.3, -0.25) is 9.89 Å². The first-order valence-corrected chi connectivity index (χ1v) is 12.0.